The molecule has 0 aliphatic carbocycles. The standard InChI is InChI=1S/4C10H14O3.2C9H12O3.2C8H10O3/c2*1-4-5-7-8(11)9(6(2)3)13-10(7)12;2*1-3-5-7-9(11)8(6-4-2)13-10(7)12;2*1-3-5-6-8(10)7(4-2)12-9(6)11;2*1-3-4-6-7(9)5(2)11-8(6)10/h2*4,6-7,9H,1,5H2,2-3H3;2*3,7-8H,1,4-6H2,2H3;2*3,6-7H,1,4-5H2,2H3;2*3,5-6H,1,4H2,2H3/t7-,9+;7-,9-;2*7-,8-;2*6-,7-;2*5-,6-/m00101010/s1. The van der Waals surface area contributed by atoms with Crippen molar-refractivity contribution < 1.29 is 115 Å². The Labute approximate surface area is 574 Å². The third kappa shape index (κ3) is 24.8. The van der Waals surface area contributed by atoms with Crippen LogP contribution in [0, 0.1) is 59.2 Å². The molecule has 8 aliphatic rings. The van der Waals surface area contributed by atoms with Crippen LogP contribution in [0.2, 0.25) is 0 Å². The molecule has 8 saturated heterocycles. The van der Waals surface area contributed by atoms with E-state index in [1.165, 1.54) is 0 Å². The molecule has 0 unspecified atom stereocenters. The normalized spacial score (nSPS) is 28.5. The van der Waals surface area contributed by atoms with E-state index in [9.17, 15) is 76.7 Å². The summed E-state index contributed by atoms with van der Waals surface area (Å²) in [6, 6.07) is 0. The highest BCUT2D eigenvalue weighted by molar-refractivity contribution is 6.10. The molecule has 0 aromatic carbocycles. The third-order valence-electron chi connectivity index (χ3n) is 16.0. The zero-order valence-electron chi connectivity index (χ0n) is 58.4. The van der Waals surface area contributed by atoms with E-state index >= 15 is 0 Å². The lowest BCUT2D eigenvalue weighted by molar-refractivity contribution is -0.146. The van der Waals surface area contributed by atoms with Gasteiger partial charge in [0, 0.05) is 0 Å². The Morgan fingerprint density at radius 1 is 0.276 bits per heavy atom. The van der Waals surface area contributed by atoms with Crippen LogP contribution in [-0.2, 0) is 115 Å². The molecule has 0 amide bonds. The second kappa shape index (κ2) is 44.1. The Bertz CT molecular complexity index is 2780. The van der Waals surface area contributed by atoms with E-state index in [4.69, 9.17) is 37.9 Å². The number of rotatable bonds is 24. The molecular weight excluding hydrogens is 1270 g/mol. The van der Waals surface area contributed by atoms with E-state index in [1.54, 1.807) is 62.5 Å². The van der Waals surface area contributed by atoms with Gasteiger partial charge < -0.3 is 37.9 Å². The summed E-state index contributed by atoms with van der Waals surface area (Å²) in [4.78, 5) is 180. The molecular formula is C74H100O24. The number of cyclic esters (lactones) is 8. The van der Waals surface area contributed by atoms with Crippen molar-refractivity contribution in [3.05, 3.63) is 101 Å². The van der Waals surface area contributed by atoms with Crippen LogP contribution in [-0.4, -0.2) is 143 Å². The predicted octanol–water partition coefficient (Wildman–Crippen LogP) is 9.16. The van der Waals surface area contributed by atoms with Gasteiger partial charge in [0.1, 0.15) is 47.3 Å². The first-order valence-corrected chi connectivity index (χ1v) is 33.1. The minimum atomic E-state index is -0.607. The van der Waals surface area contributed by atoms with Gasteiger partial charge >= 0.3 is 47.8 Å². The number of carbonyl (C=O) groups is 16. The average molecular weight is 1370 g/mol. The van der Waals surface area contributed by atoms with E-state index in [0.29, 0.717) is 77.0 Å². The first kappa shape index (κ1) is 87.1. The highest BCUT2D eigenvalue weighted by Crippen LogP contribution is 2.30. The van der Waals surface area contributed by atoms with Crippen molar-refractivity contribution in [2.75, 3.05) is 0 Å². The lowest BCUT2D eigenvalue weighted by Gasteiger charge is -2.10. The summed E-state index contributed by atoms with van der Waals surface area (Å²) in [6.45, 7) is 46.1. The molecule has 0 aromatic heterocycles. The largest absolute Gasteiger partial charge is 0.454 e. The smallest absolute Gasteiger partial charge is 0.317 e. The fourth-order valence-corrected chi connectivity index (χ4v) is 10.5. The van der Waals surface area contributed by atoms with Crippen molar-refractivity contribution in [3.63, 3.8) is 0 Å². The van der Waals surface area contributed by atoms with Crippen LogP contribution in [0.15, 0.2) is 101 Å². The number of ether oxygens (including phenoxy) is 8. The number of hydrogen-bond acceptors (Lipinski definition) is 24. The molecule has 0 N–H and O–H groups in total. The maximum Gasteiger partial charge on any atom is 0.317 e. The first-order valence-electron chi connectivity index (χ1n) is 33.1. The quantitative estimate of drug-likeness (QED) is 0.0376. The van der Waals surface area contributed by atoms with Gasteiger partial charge in [-0.1, -0.05) is 117 Å². The van der Waals surface area contributed by atoms with Crippen LogP contribution in [0.4, 0.5) is 0 Å². The van der Waals surface area contributed by atoms with Crippen molar-refractivity contribution in [3.8, 4) is 0 Å². The van der Waals surface area contributed by atoms with Gasteiger partial charge in [0.05, 0.1) is 0 Å². The minimum Gasteiger partial charge on any atom is -0.454 e. The SMILES string of the molecule is C=CC[C@@H]1C(=O)O[C@@H](C(C)C)C1=O.C=CC[C@@H]1C(=O)O[C@@H](C)C1=O.C=CC[C@@H]1C(=O)O[C@@H](CC)C1=O.C=CC[C@@H]1C(=O)O[C@@H](CCC)C1=O.C=CC[C@@H]1C(=O)O[C@H](C(C)C)C1=O.C=CC[C@H]1C(=O)O[C@H](C)C1=O.C=CC[C@H]1C(=O)O[C@H](CC)C1=O.C=CC[C@H]1C(=O)O[C@H](CCC)C1=O. The molecule has 8 rings (SSSR count). The van der Waals surface area contributed by atoms with Crippen molar-refractivity contribution >= 4 is 94.0 Å². The van der Waals surface area contributed by atoms with E-state index in [-0.39, 0.29) is 70.0 Å². The molecule has 24 heteroatoms. The monoisotopic (exact) mass is 1370 g/mol. The van der Waals surface area contributed by atoms with Gasteiger partial charge in [-0.3, -0.25) is 76.7 Å². The average Bonchev–Trinajstić information content (AvgIpc) is 1.71. The topological polar surface area (TPSA) is 347 Å². The molecule has 0 bridgehead atoms. The maximum atomic E-state index is 11.6. The van der Waals surface area contributed by atoms with Gasteiger partial charge in [-0.05, 0) is 103 Å². The number of allylic oxidation sites excluding steroid dienone is 8. The van der Waals surface area contributed by atoms with Gasteiger partial charge in [0.2, 0.25) is 0 Å². The van der Waals surface area contributed by atoms with Crippen molar-refractivity contribution in [2.45, 2.75) is 208 Å². The molecule has 98 heavy (non-hydrogen) atoms. The molecule has 0 spiro atoms. The fourth-order valence-electron chi connectivity index (χ4n) is 10.5. The second-order valence-electron chi connectivity index (χ2n) is 24.3. The molecule has 0 radical (unpaired) electrons. The zero-order chi connectivity index (χ0) is 74.8. The molecule has 8 fully saturated rings. The summed E-state index contributed by atoms with van der Waals surface area (Å²) in [5.41, 5.74) is 0. The first-order chi connectivity index (χ1) is 46.3. The van der Waals surface area contributed by atoms with Crippen LogP contribution in [0.25, 0.3) is 0 Å². The van der Waals surface area contributed by atoms with Gasteiger partial charge in [0.15, 0.2) is 95.1 Å². The summed E-state index contributed by atoms with van der Waals surface area (Å²) in [5, 5.41) is 0. The van der Waals surface area contributed by atoms with E-state index in [0.717, 1.165) is 12.8 Å². The molecule has 0 saturated carbocycles. The highest BCUT2D eigenvalue weighted by atomic mass is 16.6. The lowest BCUT2D eigenvalue weighted by atomic mass is 9.94. The van der Waals surface area contributed by atoms with Crippen LogP contribution in [0.5, 0.6) is 0 Å². The van der Waals surface area contributed by atoms with Crippen LogP contribution in [0.3, 0.4) is 0 Å². The summed E-state index contributed by atoms with van der Waals surface area (Å²) in [7, 11) is 0. The van der Waals surface area contributed by atoms with Crippen LogP contribution >= 0.6 is 0 Å². The van der Waals surface area contributed by atoms with Crippen LogP contribution < -0.4 is 0 Å². The predicted molar refractivity (Wildman–Crippen MR) is 357 cm³/mol. The number of carbonyl (C=O) groups excluding carboxylic acids is 16. The number of hydrogen-bond donors (Lipinski definition) is 0. The highest BCUT2D eigenvalue weighted by Gasteiger charge is 2.48. The molecule has 0 aromatic rings. The fraction of sp³-hybridized carbons (Fsp3) is 0.568. The number of Topliss-reactive ketones (excluding diaryl/α,β-unsaturated/α-hetero) is 8. The lowest BCUT2D eigenvalue weighted by Crippen LogP contribution is -2.25. The van der Waals surface area contributed by atoms with E-state index < -0.39 is 132 Å². The number of esters is 8. The van der Waals surface area contributed by atoms with Gasteiger partial charge in [-0.15, -0.1) is 52.6 Å². The summed E-state index contributed by atoms with van der Waals surface area (Å²) in [5.74, 6) is -8.63. The summed E-state index contributed by atoms with van der Waals surface area (Å²) >= 11 is 0. The van der Waals surface area contributed by atoms with Crippen molar-refractivity contribution in [2.24, 2.45) is 59.2 Å². The molecule has 8 aliphatic heterocycles. The Hall–Kier alpha value is -8.96. The molecule has 16 atom stereocenters. The van der Waals surface area contributed by atoms with Gasteiger partial charge in [0.25, 0.3) is 0 Å². The van der Waals surface area contributed by atoms with Gasteiger partial charge in [-0.25, -0.2) is 0 Å². The second-order valence-corrected chi connectivity index (χ2v) is 24.3. The number of ketones is 8. The summed E-state index contributed by atoms with van der Waals surface area (Å²) < 4.78 is 38.9. The zero-order valence-corrected chi connectivity index (χ0v) is 58.4. The van der Waals surface area contributed by atoms with Crippen molar-refractivity contribution in [1.29, 1.82) is 0 Å². The van der Waals surface area contributed by atoms with E-state index in [2.05, 4.69) is 52.6 Å². The van der Waals surface area contributed by atoms with Crippen molar-refractivity contribution in [1.82, 2.24) is 0 Å². The Balaban J connectivity index is 0.000000560. The minimum absolute atomic E-state index is 0.0614. The Kier molecular flexibility index (Phi) is 39.1. The van der Waals surface area contributed by atoms with Gasteiger partial charge in [-0.2, -0.15) is 0 Å². The third-order valence-corrected chi connectivity index (χ3v) is 16.0. The Morgan fingerprint density at radius 3 is 0.622 bits per heavy atom. The van der Waals surface area contributed by atoms with E-state index in [1.807, 2.05) is 55.4 Å². The molecule has 8 heterocycles. The summed E-state index contributed by atoms with van der Waals surface area (Å²) in [6.07, 6.45) is 15.6. The maximum absolute atomic E-state index is 11.6. The molecule has 24 nitrogen and oxygen atoms in total. The molecule has 540 valence electrons. The van der Waals surface area contributed by atoms with Crippen LogP contribution in [0.1, 0.15) is 159 Å². The Morgan fingerprint density at radius 2 is 0.459 bits per heavy atom.